The lowest BCUT2D eigenvalue weighted by Gasteiger charge is -2.21. The van der Waals surface area contributed by atoms with Crippen LogP contribution >= 0.6 is 0 Å². The molecule has 0 aliphatic heterocycles. The Morgan fingerprint density at radius 1 is 1.33 bits per heavy atom. The maximum Gasteiger partial charge on any atom is 0.127 e. The first-order valence-electron chi connectivity index (χ1n) is 6.85. The van der Waals surface area contributed by atoms with Crippen molar-refractivity contribution in [2.24, 2.45) is 11.7 Å². The highest BCUT2D eigenvalue weighted by atomic mass is 19.1. The molecule has 0 atom stereocenters. The summed E-state index contributed by atoms with van der Waals surface area (Å²) in [6, 6.07) is 5.18. The highest BCUT2D eigenvalue weighted by molar-refractivity contribution is 5.25. The van der Waals surface area contributed by atoms with Gasteiger partial charge in [-0.05, 0) is 37.4 Å². The number of rotatable bonds is 5. The molecule has 2 rings (SSSR count). The van der Waals surface area contributed by atoms with Gasteiger partial charge >= 0.3 is 0 Å². The van der Waals surface area contributed by atoms with Gasteiger partial charge in [-0.3, -0.25) is 0 Å². The van der Waals surface area contributed by atoms with E-state index in [-0.39, 0.29) is 5.82 Å². The van der Waals surface area contributed by atoms with Gasteiger partial charge in [0.2, 0.25) is 0 Å². The van der Waals surface area contributed by atoms with Crippen molar-refractivity contribution in [2.75, 3.05) is 13.6 Å². The molecule has 0 saturated heterocycles. The van der Waals surface area contributed by atoms with E-state index in [0.717, 1.165) is 23.6 Å². The smallest absolute Gasteiger partial charge is 0.127 e. The highest BCUT2D eigenvalue weighted by Crippen LogP contribution is 2.25. The van der Waals surface area contributed by atoms with E-state index < -0.39 is 0 Å². The van der Waals surface area contributed by atoms with Gasteiger partial charge in [-0.15, -0.1) is 0 Å². The van der Waals surface area contributed by atoms with Crippen molar-refractivity contribution < 1.29 is 4.39 Å². The van der Waals surface area contributed by atoms with Gasteiger partial charge < -0.3 is 10.6 Å². The van der Waals surface area contributed by atoms with Crippen molar-refractivity contribution in [3.63, 3.8) is 0 Å². The van der Waals surface area contributed by atoms with Crippen LogP contribution in [0.4, 0.5) is 4.39 Å². The fourth-order valence-electron chi connectivity index (χ4n) is 2.87. The summed E-state index contributed by atoms with van der Waals surface area (Å²) < 4.78 is 13.7. The lowest BCUT2D eigenvalue weighted by atomic mass is 10.1. The van der Waals surface area contributed by atoms with Crippen molar-refractivity contribution in [3.05, 3.63) is 35.1 Å². The summed E-state index contributed by atoms with van der Waals surface area (Å²) >= 11 is 0. The van der Waals surface area contributed by atoms with Gasteiger partial charge in [0.15, 0.2) is 0 Å². The average molecular weight is 250 g/mol. The molecule has 0 spiro atoms. The van der Waals surface area contributed by atoms with Crippen LogP contribution in [0.2, 0.25) is 0 Å². The van der Waals surface area contributed by atoms with Crippen LogP contribution in [0.1, 0.15) is 36.8 Å². The molecule has 2 nitrogen and oxygen atoms in total. The maximum absolute atomic E-state index is 13.7. The second kappa shape index (κ2) is 6.30. The molecule has 1 aliphatic rings. The molecule has 0 bridgehead atoms. The van der Waals surface area contributed by atoms with Crippen molar-refractivity contribution in [1.29, 1.82) is 0 Å². The van der Waals surface area contributed by atoms with Gasteiger partial charge in [-0.25, -0.2) is 4.39 Å². The van der Waals surface area contributed by atoms with Crippen LogP contribution in [0.25, 0.3) is 0 Å². The van der Waals surface area contributed by atoms with E-state index in [1.165, 1.54) is 31.7 Å². The molecular formula is C15H23FN2. The predicted molar refractivity (Wildman–Crippen MR) is 72.6 cm³/mol. The molecule has 0 radical (unpaired) electrons. The van der Waals surface area contributed by atoms with Crippen LogP contribution in [0, 0.1) is 11.7 Å². The summed E-state index contributed by atoms with van der Waals surface area (Å²) in [7, 11) is 2.08. The number of hydrogen-bond donors (Lipinski definition) is 1. The maximum atomic E-state index is 13.7. The largest absolute Gasteiger partial charge is 0.326 e. The van der Waals surface area contributed by atoms with Crippen molar-refractivity contribution in [2.45, 2.75) is 38.8 Å². The Labute approximate surface area is 109 Å². The summed E-state index contributed by atoms with van der Waals surface area (Å²) in [5, 5.41) is 0. The first kappa shape index (κ1) is 13.5. The molecule has 1 aromatic rings. The van der Waals surface area contributed by atoms with Crippen LogP contribution in [0.3, 0.4) is 0 Å². The molecule has 0 unspecified atom stereocenters. The van der Waals surface area contributed by atoms with Crippen LogP contribution < -0.4 is 5.73 Å². The Morgan fingerprint density at radius 3 is 2.72 bits per heavy atom. The van der Waals surface area contributed by atoms with E-state index in [1.807, 2.05) is 6.07 Å². The fraction of sp³-hybridized carbons (Fsp3) is 0.600. The zero-order chi connectivity index (χ0) is 13.0. The predicted octanol–water partition coefficient (Wildman–Crippen LogP) is 2.91. The first-order valence-corrected chi connectivity index (χ1v) is 6.85. The molecule has 18 heavy (non-hydrogen) atoms. The zero-order valence-corrected chi connectivity index (χ0v) is 11.2. The number of halogens is 1. The molecule has 0 heterocycles. The molecule has 1 saturated carbocycles. The van der Waals surface area contributed by atoms with E-state index in [9.17, 15) is 4.39 Å². The second-order valence-electron chi connectivity index (χ2n) is 5.48. The van der Waals surface area contributed by atoms with Crippen molar-refractivity contribution >= 4 is 0 Å². The SMILES string of the molecule is CN(Cc1cc(CN)ccc1F)CC1CCCC1. The Kier molecular flexibility index (Phi) is 4.72. The molecule has 1 aromatic carbocycles. The Morgan fingerprint density at radius 2 is 2.06 bits per heavy atom. The van der Waals surface area contributed by atoms with Gasteiger partial charge in [0.25, 0.3) is 0 Å². The summed E-state index contributed by atoms with van der Waals surface area (Å²) in [5.74, 6) is 0.682. The van der Waals surface area contributed by atoms with Gasteiger partial charge in [-0.1, -0.05) is 25.0 Å². The summed E-state index contributed by atoms with van der Waals surface area (Å²) in [5.41, 5.74) is 7.36. The minimum absolute atomic E-state index is 0.120. The van der Waals surface area contributed by atoms with E-state index in [0.29, 0.717) is 13.1 Å². The lowest BCUT2D eigenvalue weighted by molar-refractivity contribution is 0.268. The van der Waals surface area contributed by atoms with Crippen molar-refractivity contribution in [3.8, 4) is 0 Å². The molecule has 3 heteroatoms. The topological polar surface area (TPSA) is 29.3 Å². The van der Waals surface area contributed by atoms with Crippen molar-refractivity contribution in [1.82, 2.24) is 4.90 Å². The van der Waals surface area contributed by atoms with Crippen LogP contribution in [0.15, 0.2) is 18.2 Å². The molecule has 0 amide bonds. The van der Waals surface area contributed by atoms with E-state index in [4.69, 9.17) is 5.73 Å². The number of nitrogens with two attached hydrogens (primary N) is 1. The number of hydrogen-bond acceptors (Lipinski definition) is 2. The number of nitrogens with zero attached hydrogens (tertiary/aromatic N) is 1. The second-order valence-corrected chi connectivity index (χ2v) is 5.48. The molecule has 0 aromatic heterocycles. The molecular weight excluding hydrogens is 227 g/mol. The van der Waals surface area contributed by atoms with Crippen LogP contribution in [-0.2, 0) is 13.1 Å². The average Bonchev–Trinajstić information content (AvgIpc) is 2.84. The molecule has 2 N–H and O–H groups in total. The molecule has 1 fully saturated rings. The quantitative estimate of drug-likeness (QED) is 0.870. The third-order valence-corrected chi connectivity index (χ3v) is 3.83. The third kappa shape index (κ3) is 3.53. The van der Waals surface area contributed by atoms with Gasteiger partial charge in [-0.2, -0.15) is 0 Å². The molecule has 100 valence electrons. The van der Waals surface area contributed by atoms with E-state index in [2.05, 4.69) is 11.9 Å². The van der Waals surface area contributed by atoms with Gasteiger partial charge in [0, 0.05) is 25.2 Å². The van der Waals surface area contributed by atoms with Gasteiger partial charge in [0.1, 0.15) is 5.82 Å². The minimum atomic E-state index is -0.120. The standard InChI is InChI=1S/C15H23FN2/c1-18(10-12-4-2-3-5-12)11-14-8-13(9-17)6-7-15(14)16/h6-8,12H,2-5,9-11,17H2,1H3. The summed E-state index contributed by atoms with van der Waals surface area (Å²) in [6.45, 7) is 2.22. The van der Waals surface area contributed by atoms with Gasteiger partial charge in [0.05, 0.1) is 0 Å². The van der Waals surface area contributed by atoms with Crippen LogP contribution in [0.5, 0.6) is 0 Å². The normalized spacial score (nSPS) is 16.7. The monoisotopic (exact) mass is 250 g/mol. The van der Waals surface area contributed by atoms with Crippen LogP contribution in [-0.4, -0.2) is 18.5 Å². The first-order chi connectivity index (χ1) is 8.69. The van der Waals surface area contributed by atoms with E-state index in [1.54, 1.807) is 6.07 Å². The Balaban J connectivity index is 1.94. The minimum Gasteiger partial charge on any atom is -0.326 e. The fourth-order valence-corrected chi connectivity index (χ4v) is 2.87. The third-order valence-electron chi connectivity index (χ3n) is 3.83. The molecule has 1 aliphatic carbocycles. The summed E-state index contributed by atoms with van der Waals surface area (Å²) in [6.07, 6.45) is 5.37. The Bertz CT molecular complexity index is 386. The number of benzene rings is 1. The van der Waals surface area contributed by atoms with E-state index >= 15 is 0 Å². The Hall–Kier alpha value is -0.930. The lowest BCUT2D eigenvalue weighted by Crippen LogP contribution is -2.24. The summed E-state index contributed by atoms with van der Waals surface area (Å²) in [4.78, 5) is 2.23. The zero-order valence-electron chi connectivity index (χ0n) is 11.2. The highest BCUT2D eigenvalue weighted by Gasteiger charge is 2.17.